The third kappa shape index (κ3) is 2.53. The van der Waals surface area contributed by atoms with Crippen molar-refractivity contribution in [1.82, 2.24) is 5.32 Å². The molecule has 1 fully saturated rings. The van der Waals surface area contributed by atoms with Crippen LogP contribution in [0.25, 0.3) is 0 Å². The molecule has 0 spiro atoms. The summed E-state index contributed by atoms with van der Waals surface area (Å²) < 4.78 is 37.4. The lowest BCUT2D eigenvalue weighted by Gasteiger charge is -2.14. The van der Waals surface area contributed by atoms with Crippen molar-refractivity contribution >= 4 is 0 Å². The first-order valence-corrected chi connectivity index (χ1v) is 6.26. The molecule has 1 aliphatic carbocycles. The Balaban J connectivity index is 2.07. The van der Waals surface area contributed by atoms with Crippen molar-refractivity contribution in [3.05, 3.63) is 35.4 Å². The molecule has 2 rings (SSSR count). The number of hydrogen-bond acceptors (Lipinski definition) is 1. The number of alkyl halides is 3. The lowest BCUT2D eigenvalue weighted by atomic mass is 9.94. The molecule has 18 heavy (non-hydrogen) atoms. The second-order valence-corrected chi connectivity index (χ2v) is 5.20. The average Bonchev–Trinajstić information content (AvgIpc) is 2.98. The highest BCUT2D eigenvalue weighted by atomic mass is 19.4. The summed E-state index contributed by atoms with van der Waals surface area (Å²) >= 11 is 0. The second kappa shape index (κ2) is 4.57. The molecule has 0 aliphatic heterocycles. The van der Waals surface area contributed by atoms with E-state index >= 15 is 0 Å². The quantitative estimate of drug-likeness (QED) is 0.869. The van der Waals surface area contributed by atoms with Crippen LogP contribution in [0.2, 0.25) is 0 Å². The van der Waals surface area contributed by atoms with Gasteiger partial charge in [-0.05, 0) is 48.5 Å². The highest BCUT2D eigenvalue weighted by Crippen LogP contribution is 2.53. The van der Waals surface area contributed by atoms with Crippen LogP contribution < -0.4 is 5.32 Å². The average molecular weight is 257 g/mol. The zero-order valence-corrected chi connectivity index (χ0v) is 10.6. The number of halogens is 3. The third-order valence-corrected chi connectivity index (χ3v) is 3.92. The molecule has 0 heterocycles. The molecule has 1 aromatic rings. The Morgan fingerprint density at radius 1 is 1.28 bits per heavy atom. The van der Waals surface area contributed by atoms with Crippen molar-refractivity contribution in [1.29, 1.82) is 0 Å². The van der Waals surface area contributed by atoms with E-state index in [1.54, 1.807) is 12.1 Å². The molecule has 0 amide bonds. The van der Waals surface area contributed by atoms with Crippen molar-refractivity contribution in [2.24, 2.45) is 5.92 Å². The molecule has 0 bridgehead atoms. The van der Waals surface area contributed by atoms with Crippen molar-refractivity contribution in [3.63, 3.8) is 0 Å². The van der Waals surface area contributed by atoms with Crippen LogP contribution in [0.3, 0.4) is 0 Å². The molecule has 4 heteroatoms. The smallest absolute Gasteiger partial charge is 0.317 e. The van der Waals surface area contributed by atoms with Gasteiger partial charge >= 0.3 is 6.18 Å². The molecule has 1 N–H and O–H groups in total. The van der Waals surface area contributed by atoms with Gasteiger partial charge in [0, 0.05) is 0 Å². The SMILES string of the molecule is CCNCC1CC1(C)c1ccc(C(F)(F)F)cc1. The first-order valence-electron chi connectivity index (χ1n) is 6.26. The predicted molar refractivity (Wildman–Crippen MR) is 65.4 cm³/mol. The Morgan fingerprint density at radius 3 is 2.39 bits per heavy atom. The highest BCUT2D eigenvalue weighted by molar-refractivity contribution is 5.35. The van der Waals surface area contributed by atoms with Crippen LogP contribution in [0.15, 0.2) is 24.3 Å². The van der Waals surface area contributed by atoms with Gasteiger partial charge in [-0.2, -0.15) is 13.2 Å². The van der Waals surface area contributed by atoms with Crippen LogP contribution >= 0.6 is 0 Å². The van der Waals surface area contributed by atoms with Gasteiger partial charge < -0.3 is 5.32 Å². The van der Waals surface area contributed by atoms with Crippen LogP contribution in [0.4, 0.5) is 13.2 Å². The summed E-state index contributed by atoms with van der Waals surface area (Å²) in [5.41, 5.74) is 0.490. The molecule has 2 unspecified atom stereocenters. The standard InChI is InChI=1S/C14H18F3N/c1-3-18-9-12-8-13(12,2)10-4-6-11(7-5-10)14(15,16)17/h4-7,12,18H,3,8-9H2,1-2H3. The Bertz CT molecular complexity index is 410. The Labute approximate surface area is 105 Å². The van der Waals surface area contributed by atoms with Gasteiger partial charge in [0.1, 0.15) is 0 Å². The molecule has 0 radical (unpaired) electrons. The summed E-state index contributed by atoms with van der Waals surface area (Å²) in [6.45, 7) is 6.04. The van der Waals surface area contributed by atoms with E-state index in [2.05, 4.69) is 19.2 Å². The van der Waals surface area contributed by atoms with Crippen molar-refractivity contribution in [2.45, 2.75) is 31.9 Å². The van der Waals surface area contributed by atoms with Crippen LogP contribution in [0, 0.1) is 5.92 Å². The van der Waals surface area contributed by atoms with Crippen molar-refractivity contribution < 1.29 is 13.2 Å². The molecule has 1 nitrogen and oxygen atoms in total. The van der Waals surface area contributed by atoms with E-state index < -0.39 is 11.7 Å². The van der Waals surface area contributed by atoms with Crippen LogP contribution in [-0.4, -0.2) is 13.1 Å². The molecule has 1 aromatic carbocycles. The molecular weight excluding hydrogens is 239 g/mol. The fraction of sp³-hybridized carbons (Fsp3) is 0.571. The molecular formula is C14H18F3N. The molecule has 0 saturated heterocycles. The first-order chi connectivity index (χ1) is 8.38. The number of rotatable bonds is 4. The number of nitrogens with one attached hydrogen (secondary N) is 1. The van der Waals surface area contributed by atoms with Gasteiger partial charge in [-0.1, -0.05) is 26.0 Å². The lowest BCUT2D eigenvalue weighted by molar-refractivity contribution is -0.137. The summed E-state index contributed by atoms with van der Waals surface area (Å²) in [4.78, 5) is 0. The number of hydrogen-bond donors (Lipinski definition) is 1. The van der Waals surface area contributed by atoms with E-state index in [0.29, 0.717) is 5.92 Å². The first kappa shape index (κ1) is 13.4. The lowest BCUT2D eigenvalue weighted by Crippen LogP contribution is -2.19. The fourth-order valence-electron chi connectivity index (χ4n) is 2.46. The van der Waals surface area contributed by atoms with Gasteiger partial charge in [-0.25, -0.2) is 0 Å². The zero-order valence-electron chi connectivity index (χ0n) is 10.6. The monoisotopic (exact) mass is 257 g/mol. The molecule has 1 aliphatic rings. The van der Waals surface area contributed by atoms with Crippen LogP contribution in [0.1, 0.15) is 31.4 Å². The van der Waals surface area contributed by atoms with E-state index in [1.807, 2.05) is 0 Å². The summed E-state index contributed by atoms with van der Waals surface area (Å²) in [5, 5.41) is 3.29. The topological polar surface area (TPSA) is 12.0 Å². The van der Waals surface area contributed by atoms with Gasteiger partial charge in [-0.3, -0.25) is 0 Å². The summed E-state index contributed by atoms with van der Waals surface area (Å²) in [7, 11) is 0. The van der Waals surface area contributed by atoms with Gasteiger partial charge in [0.15, 0.2) is 0 Å². The van der Waals surface area contributed by atoms with Crippen molar-refractivity contribution in [2.75, 3.05) is 13.1 Å². The Kier molecular flexibility index (Phi) is 3.41. The minimum atomic E-state index is -4.24. The largest absolute Gasteiger partial charge is 0.416 e. The Morgan fingerprint density at radius 2 is 1.89 bits per heavy atom. The van der Waals surface area contributed by atoms with E-state index in [0.717, 1.165) is 25.1 Å². The second-order valence-electron chi connectivity index (χ2n) is 5.20. The van der Waals surface area contributed by atoms with E-state index in [1.165, 1.54) is 12.1 Å². The van der Waals surface area contributed by atoms with E-state index in [-0.39, 0.29) is 5.41 Å². The minimum absolute atomic E-state index is 0.0479. The maximum atomic E-state index is 12.5. The zero-order chi connectivity index (χ0) is 13.4. The van der Waals surface area contributed by atoms with Gasteiger partial charge in [-0.15, -0.1) is 0 Å². The summed E-state index contributed by atoms with van der Waals surface area (Å²) in [6, 6.07) is 5.61. The summed E-state index contributed by atoms with van der Waals surface area (Å²) in [6.07, 6.45) is -3.20. The maximum absolute atomic E-state index is 12.5. The molecule has 100 valence electrons. The van der Waals surface area contributed by atoms with Crippen molar-refractivity contribution in [3.8, 4) is 0 Å². The third-order valence-electron chi connectivity index (χ3n) is 3.92. The number of benzene rings is 1. The Hall–Kier alpha value is -1.03. The normalized spacial score (nSPS) is 27.3. The summed E-state index contributed by atoms with van der Waals surface area (Å²) in [5.74, 6) is 0.536. The van der Waals surface area contributed by atoms with Gasteiger partial charge in [0.25, 0.3) is 0 Å². The molecule has 0 aromatic heterocycles. The van der Waals surface area contributed by atoms with E-state index in [9.17, 15) is 13.2 Å². The van der Waals surface area contributed by atoms with E-state index in [4.69, 9.17) is 0 Å². The van der Waals surface area contributed by atoms with Gasteiger partial charge in [0.05, 0.1) is 5.56 Å². The van der Waals surface area contributed by atoms with Crippen LogP contribution in [-0.2, 0) is 11.6 Å². The maximum Gasteiger partial charge on any atom is 0.416 e. The molecule has 1 saturated carbocycles. The predicted octanol–water partition coefficient (Wildman–Crippen LogP) is 3.59. The van der Waals surface area contributed by atoms with Crippen LogP contribution in [0.5, 0.6) is 0 Å². The minimum Gasteiger partial charge on any atom is -0.317 e. The fourth-order valence-corrected chi connectivity index (χ4v) is 2.46. The van der Waals surface area contributed by atoms with Gasteiger partial charge in [0.2, 0.25) is 0 Å². The molecule has 2 atom stereocenters. The highest BCUT2D eigenvalue weighted by Gasteiger charge is 2.50.